The second kappa shape index (κ2) is 11.1. The molecule has 37 heavy (non-hydrogen) atoms. The van der Waals surface area contributed by atoms with Crippen LogP contribution in [0.5, 0.6) is 0 Å². The number of benzene rings is 3. The van der Waals surface area contributed by atoms with Crippen molar-refractivity contribution in [1.29, 1.82) is 0 Å². The number of amides is 2. The normalized spacial score (nSPS) is 18.4. The zero-order valence-corrected chi connectivity index (χ0v) is 20.9. The van der Waals surface area contributed by atoms with E-state index < -0.39 is 0 Å². The van der Waals surface area contributed by atoms with Crippen LogP contribution in [0.2, 0.25) is 0 Å². The molecule has 4 nitrogen and oxygen atoms in total. The third kappa shape index (κ3) is 5.79. The number of carbonyl (C=O) groups is 1. The zero-order valence-electron chi connectivity index (χ0n) is 20.9. The van der Waals surface area contributed by atoms with Gasteiger partial charge in [-0.3, -0.25) is 4.98 Å². The van der Waals surface area contributed by atoms with Crippen molar-refractivity contribution in [2.24, 2.45) is 0 Å². The lowest BCUT2D eigenvalue weighted by molar-refractivity contribution is 0.144. The number of hydrogen-bond donors (Lipinski definition) is 1. The van der Waals surface area contributed by atoms with Gasteiger partial charge in [0.2, 0.25) is 0 Å². The third-order valence-electron chi connectivity index (χ3n) is 7.48. The molecule has 0 radical (unpaired) electrons. The van der Waals surface area contributed by atoms with Crippen LogP contribution in [-0.4, -0.2) is 22.0 Å². The smallest absolute Gasteiger partial charge is 0.318 e. The zero-order chi connectivity index (χ0) is 25.8. The highest BCUT2D eigenvalue weighted by Gasteiger charge is 2.31. The Morgan fingerprint density at radius 2 is 1.65 bits per heavy atom. The summed E-state index contributed by atoms with van der Waals surface area (Å²) in [6.07, 6.45) is 5.33. The highest BCUT2D eigenvalue weighted by Crippen LogP contribution is 2.38. The van der Waals surface area contributed by atoms with Crippen molar-refractivity contribution in [3.05, 3.63) is 113 Å². The van der Waals surface area contributed by atoms with E-state index >= 15 is 0 Å². The Bertz CT molecular complexity index is 1350. The second-order valence-electron chi connectivity index (χ2n) is 9.90. The molecule has 1 heterocycles. The lowest BCUT2D eigenvalue weighted by Crippen LogP contribution is -2.47. The maximum absolute atomic E-state index is 14.0. The summed E-state index contributed by atoms with van der Waals surface area (Å²) in [5.41, 5.74) is 3.87. The SMILES string of the molecule is C[C@@H](NC(=O)N(Cc1ccccc1)C1CCC(c2ccnc3ccc(F)cc23)CC1)c1ccc(F)cc1. The fourth-order valence-corrected chi connectivity index (χ4v) is 5.44. The molecule has 1 N–H and O–H groups in total. The van der Waals surface area contributed by atoms with Gasteiger partial charge in [0.05, 0.1) is 11.6 Å². The van der Waals surface area contributed by atoms with Gasteiger partial charge in [-0.05, 0) is 91.6 Å². The van der Waals surface area contributed by atoms with E-state index in [1.807, 2.05) is 48.2 Å². The minimum Gasteiger partial charge on any atom is -0.331 e. The van der Waals surface area contributed by atoms with Crippen LogP contribution < -0.4 is 5.32 Å². The van der Waals surface area contributed by atoms with Crippen molar-refractivity contribution >= 4 is 16.9 Å². The lowest BCUT2D eigenvalue weighted by atomic mass is 9.80. The number of nitrogens with one attached hydrogen (secondary N) is 1. The summed E-state index contributed by atoms with van der Waals surface area (Å²) in [6.45, 7) is 2.43. The second-order valence-corrected chi connectivity index (χ2v) is 9.90. The number of rotatable bonds is 6. The molecule has 3 aromatic carbocycles. The Kier molecular flexibility index (Phi) is 7.45. The molecule has 1 fully saturated rings. The van der Waals surface area contributed by atoms with Crippen LogP contribution in [0.15, 0.2) is 85.1 Å². The molecule has 1 aliphatic carbocycles. The van der Waals surface area contributed by atoms with Gasteiger partial charge in [0.25, 0.3) is 0 Å². The topological polar surface area (TPSA) is 45.2 Å². The first-order valence-electron chi connectivity index (χ1n) is 12.9. The molecular weight excluding hydrogens is 468 g/mol. The first kappa shape index (κ1) is 24.9. The molecule has 1 atom stereocenters. The first-order valence-corrected chi connectivity index (χ1v) is 12.9. The minimum atomic E-state index is -0.297. The van der Waals surface area contributed by atoms with Crippen LogP contribution in [0.1, 0.15) is 61.3 Å². The molecule has 0 bridgehead atoms. The number of halogens is 2. The number of nitrogens with zero attached hydrogens (tertiary/aromatic N) is 2. The minimum absolute atomic E-state index is 0.0849. The fraction of sp³-hybridized carbons (Fsp3) is 0.290. The van der Waals surface area contributed by atoms with Crippen molar-refractivity contribution in [2.45, 2.75) is 57.2 Å². The van der Waals surface area contributed by atoms with Crippen molar-refractivity contribution in [3.8, 4) is 0 Å². The molecule has 1 aromatic heterocycles. The van der Waals surface area contributed by atoms with E-state index in [9.17, 15) is 13.6 Å². The van der Waals surface area contributed by atoms with Gasteiger partial charge < -0.3 is 10.2 Å². The predicted molar refractivity (Wildman–Crippen MR) is 142 cm³/mol. The molecule has 0 saturated heterocycles. The first-order chi connectivity index (χ1) is 18.0. The quantitative estimate of drug-likeness (QED) is 0.298. The maximum Gasteiger partial charge on any atom is 0.318 e. The van der Waals surface area contributed by atoms with Crippen LogP contribution in [0.4, 0.5) is 13.6 Å². The van der Waals surface area contributed by atoms with E-state index in [0.29, 0.717) is 12.5 Å². The van der Waals surface area contributed by atoms with Crippen LogP contribution in [-0.2, 0) is 6.54 Å². The van der Waals surface area contributed by atoms with Gasteiger partial charge in [-0.1, -0.05) is 42.5 Å². The fourth-order valence-electron chi connectivity index (χ4n) is 5.44. The van der Waals surface area contributed by atoms with Gasteiger partial charge in [0, 0.05) is 24.2 Å². The van der Waals surface area contributed by atoms with Gasteiger partial charge in [0.1, 0.15) is 11.6 Å². The molecule has 190 valence electrons. The Hall–Kier alpha value is -3.80. The third-order valence-corrected chi connectivity index (χ3v) is 7.48. The van der Waals surface area contributed by atoms with Crippen molar-refractivity contribution < 1.29 is 13.6 Å². The number of urea groups is 1. The van der Waals surface area contributed by atoms with Gasteiger partial charge >= 0.3 is 6.03 Å². The van der Waals surface area contributed by atoms with Gasteiger partial charge in [-0.2, -0.15) is 0 Å². The average molecular weight is 500 g/mol. The molecule has 0 aliphatic heterocycles. The van der Waals surface area contributed by atoms with Crippen molar-refractivity contribution in [1.82, 2.24) is 15.2 Å². The highest BCUT2D eigenvalue weighted by molar-refractivity contribution is 5.82. The van der Waals surface area contributed by atoms with Crippen LogP contribution in [0, 0.1) is 11.6 Å². The molecule has 4 aromatic rings. The van der Waals surface area contributed by atoms with E-state index in [4.69, 9.17) is 0 Å². The number of aromatic nitrogens is 1. The van der Waals surface area contributed by atoms with E-state index in [0.717, 1.165) is 53.3 Å². The summed E-state index contributed by atoms with van der Waals surface area (Å²) in [7, 11) is 0. The number of pyridine rings is 1. The van der Waals surface area contributed by atoms with Crippen LogP contribution >= 0.6 is 0 Å². The van der Waals surface area contributed by atoms with Gasteiger partial charge in [-0.25, -0.2) is 13.6 Å². The molecule has 1 aliphatic rings. The molecule has 5 rings (SSSR count). The number of fused-ring (bicyclic) bond motifs is 1. The van der Waals surface area contributed by atoms with E-state index in [-0.39, 0.29) is 29.7 Å². The largest absolute Gasteiger partial charge is 0.331 e. The standard InChI is InChI=1S/C31H31F2N3O/c1-21(23-7-11-25(32)12-8-23)35-31(37)36(20-22-5-3-2-4-6-22)27-14-9-24(10-15-27)28-17-18-34-30-16-13-26(33)19-29(28)30/h2-8,11-13,16-19,21,24,27H,9-10,14-15,20H2,1H3,(H,35,37)/t21-,24?,27?/m1/s1. The molecule has 6 heteroatoms. The van der Waals surface area contributed by atoms with Crippen LogP contribution in [0.25, 0.3) is 10.9 Å². The van der Waals surface area contributed by atoms with E-state index in [1.165, 1.54) is 18.2 Å². The monoisotopic (exact) mass is 499 g/mol. The lowest BCUT2D eigenvalue weighted by Gasteiger charge is -2.38. The van der Waals surface area contributed by atoms with Crippen molar-refractivity contribution in [3.63, 3.8) is 0 Å². The summed E-state index contributed by atoms with van der Waals surface area (Å²) < 4.78 is 27.4. The number of carbonyl (C=O) groups excluding carboxylic acids is 1. The highest BCUT2D eigenvalue weighted by atomic mass is 19.1. The molecule has 1 saturated carbocycles. The van der Waals surface area contributed by atoms with E-state index in [2.05, 4.69) is 10.3 Å². The van der Waals surface area contributed by atoms with Gasteiger partial charge in [0.15, 0.2) is 0 Å². The van der Waals surface area contributed by atoms with Gasteiger partial charge in [-0.15, -0.1) is 0 Å². The summed E-state index contributed by atoms with van der Waals surface area (Å²) >= 11 is 0. The maximum atomic E-state index is 14.0. The Labute approximate surface area is 216 Å². The van der Waals surface area contributed by atoms with E-state index in [1.54, 1.807) is 30.5 Å². The average Bonchev–Trinajstić information content (AvgIpc) is 2.92. The molecular formula is C31H31F2N3O. The summed E-state index contributed by atoms with van der Waals surface area (Å²) in [5, 5.41) is 3.99. The van der Waals surface area contributed by atoms with Crippen molar-refractivity contribution in [2.75, 3.05) is 0 Å². The predicted octanol–water partition coefficient (Wildman–Crippen LogP) is 7.51. The Balaban J connectivity index is 1.32. The summed E-state index contributed by atoms with van der Waals surface area (Å²) in [6, 6.07) is 22.7. The molecule has 0 unspecified atom stereocenters. The summed E-state index contributed by atoms with van der Waals surface area (Å²) in [5.74, 6) is -0.255. The molecule has 0 spiro atoms. The number of hydrogen-bond acceptors (Lipinski definition) is 2. The molecule has 2 amide bonds. The Morgan fingerprint density at radius 3 is 2.38 bits per heavy atom. The Morgan fingerprint density at radius 1 is 0.946 bits per heavy atom. The summed E-state index contributed by atoms with van der Waals surface area (Å²) in [4.78, 5) is 19.9. The van der Waals surface area contributed by atoms with Crippen LogP contribution in [0.3, 0.4) is 0 Å².